The summed E-state index contributed by atoms with van der Waals surface area (Å²) in [5, 5.41) is 12.0. The van der Waals surface area contributed by atoms with E-state index < -0.39 is 0 Å². The SMILES string of the molecule is COc1cccc(CNCc2cc(F)cc(C#N)c2)c1. The van der Waals surface area contributed by atoms with E-state index in [4.69, 9.17) is 10.00 Å². The molecule has 0 unspecified atom stereocenters. The third-order valence-electron chi connectivity index (χ3n) is 2.88. The topological polar surface area (TPSA) is 45.0 Å². The Morgan fingerprint density at radius 1 is 1.15 bits per heavy atom. The van der Waals surface area contributed by atoms with Gasteiger partial charge in [0.05, 0.1) is 18.7 Å². The Morgan fingerprint density at radius 3 is 2.70 bits per heavy atom. The van der Waals surface area contributed by atoms with E-state index in [0.717, 1.165) is 16.9 Å². The van der Waals surface area contributed by atoms with E-state index in [1.165, 1.54) is 12.1 Å². The van der Waals surface area contributed by atoms with Crippen LogP contribution in [0.25, 0.3) is 0 Å². The van der Waals surface area contributed by atoms with Crippen molar-refractivity contribution in [1.82, 2.24) is 5.32 Å². The first-order valence-electron chi connectivity index (χ1n) is 6.24. The molecule has 0 amide bonds. The summed E-state index contributed by atoms with van der Waals surface area (Å²) >= 11 is 0. The fourth-order valence-electron chi connectivity index (χ4n) is 1.95. The average molecular weight is 270 g/mol. The molecule has 0 heterocycles. The molecule has 0 atom stereocenters. The number of halogens is 1. The second-order valence-corrected chi connectivity index (χ2v) is 4.42. The highest BCUT2D eigenvalue weighted by molar-refractivity contribution is 5.33. The van der Waals surface area contributed by atoms with Gasteiger partial charge in [-0.2, -0.15) is 5.26 Å². The first-order chi connectivity index (χ1) is 9.71. The van der Waals surface area contributed by atoms with Gasteiger partial charge in [-0.05, 0) is 41.5 Å². The normalized spacial score (nSPS) is 10.1. The number of benzene rings is 2. The van der Waals surface area contributed by atoms with E-state index in [0.29, 0.717) is 18.7 Å². The van der Waals surface area contributed by atoms with Crippen molar-refractivity contribution in [1.29, 1.82) is 5.26 Å². The molecule has 3 nitrogen and oxygen atoms in total. The van der Waals surface area contributed by atoms with Gasteiger partial charge in [-0.3, -0.25) is 0 Å². The second-order valence-electron chi connectivity index (χ2n) is 4.42. The molecule has 0 fully saturated rings. The lowest BCUT2D eigenvalue weighted by molar-refractivity contribution is 0.414. The van der Waals surface area contributed by atoms with E-state index in [-0.39, 0.29) is 5.82 Å². The van der Waals surface area contributed by atoms with Crippen LogP contribution in [0.3, 0.4) is 0 Å². The van der Waals surface area contributed by atoms with Crippen LogP contribution in [0.5, 0.6) is 5.75 Å². The highest BCUT2D eigenvalue weighted by Gasteiger charge is 2.01. The summed E-state index contributed by atoms with van der Waals surface area (Å²) in [4.78, 5) is 0. The standard InChI is InChI=1S/C16H15FN2O/c1-20-16-4-2-3-12(8-16)10-19-11-14-5-13(9-18)6-15(17)7-14/h2-8,19H,10-11H2,1H3. The van der Waals surface area contributed by atoms with Crippen molar-refractivity contribution in [3.05, 3.63) is 65.0 Å². The minimum atomic E-state index is -0.387. The Bertz CT molecular complexity index is 635. The number of hydrogen-bond acceptors (Lipinski definition) is 3. The summed E-state index contributed by atoms with van der Waals surface area (Å²) < 4.78 is 18.4. The van der Waals surface area contributed by atoms with Gasteiger partial charge in [-0.25, -0.2) is 4.39 Å². The molecule has 1 N–H and O–H groups in total. The molecule has 0 bridgehead atoms. The maximum absolute atomic E-state index is 13.3. The Balaban J connectivity index is 1.96. The predicted molar refractivity (Wildman–Crippen MR) is 74.7 cm³/mol. The largest absolute Gasteiger partial charge is 0.497 e. The molecule has 0 aromatic heterocycles. The Morgan fingerprint density at radius 2 is 1.95 bits per heavy atom. The molecule has 0 aliphatic carbocycles. The molecule has 2 aromatic carbocycles. The van der Waals surface area contributed by atoms with Gasteiger partial charge in [-0.15, -0.1) is 0 Å². The maximum atomic E-state index is 13.3. The van der Waals surface area contributed by atoms with Crippen LogP contribution in [0, 0.1) is 17.1 Å². The van der Waals surface area contributed by atoms with E-state index >= 15 is 0 Å². The monoisotopic (exact) mass is 270 g/mol. The molecule has 0 spiro atoms. The molecule has 4 heteroatoms. The van der Waals surface area contributed by atoms with Gasteiger partial charge < -0.3 is 10.1 Å². The van der Waals surface area contributed by atoms with Gasteiger partial charge >= 0.3 is 0 Å². The third-order valence-corrected chi connectivity index (χ3v) is 2.88. The van der Waals surface area contributed by atoms with Crippen molar-refractivity contribution in [2.24, 2.45) is 0 Å². The highest BCUT2D eigenvalue weighted by atomic mass is 19.1. The Kier molecular flexibility index (Phi) is 4.70. The Hall–Kier alpha value is -2.38. The first kappa shape index (κ1) is 14.0. The molecular formula is C16H15FN2O. The summed E-state index contributed by atoms with van der Waals surface area (Å²) in [7, 11) is 1.63. The van der Waals surface area contributed by atoms with Gasteiger partial charge in [0.15, 0.2) is 0 Å². The number of nitriles is 1. The van der Waals surface area contributed by atoms with Crippen molar-refractivity contribution in [2.45, 2.75) is 13.1 Å². The van der Waals surface area contributed by atoms with Crippen LogP contribution in [0.15, 0.2) is 42.5 Å². The van der Waals surface area contributed by atoms with Gasteiger partial charge in [0.2, 0.25) is 0 Å². The third kappa shape index (κ3) is 3.81. The van der Waals surface area contributed by atoms with Gasteiger partial charge in [0.1, 0.15) is 11.6 Å². The average Bonchev–Trinajstić information content (AvgIpc) is 2.47. The lowest BCUT2D eigenvalue weighted by atomic mass is 10.1. The van der Waals surface area contributed by atoms with Crippen molar-refractivity contribution in [3.8, 4) is 11.8 Å². The summed E-state index contributed by atoms with van der Waals surface area (Å²) in [5.74, 6) is 0.420. The number of methoxy groups -OCH3 is 1. The lowest BCUT2D eigenvalue weighted by Crippen LogP contribution is -2.13. The fraction of sp³-hybridized carbons (Fsp3) is 0.188. The molecule has 20 heavy (non-hydrogen) atoms. The number of hydrogen-bond donors (Lipinski definition) is 1. The van der Waals surface area contributed by atoms with Crippen molar-refractivity contribution >= 4 is 0 Å². The van der Waals surface area contributed by atoms with Crippen molar-refractivity contribution in [2.75, 3.05) is 7.11 Å². The second kappa shape index (κ2) is 6.69. The summed E-state index contributed by atoms with van der Waals surface area (Å²) in [6.45, 7) is 1.15. The van der Waals surface area contributed by atoms with Gasteiger partial charge in [-0.1, -0.05) is 12.1 Å². The Labute approximate surface area is 117 Å². The smallest absolute Gasteiger partial charge is 0.124 e. The van der Waals surface area contributed by atoms with E-state index in [1.807, 2.05) is 30.3 Å². The van der Waals surface area contributed by atoms with Crippen LogP contribution in [0.1, 0.15) is 16.7 Å². The molecule has 0 saturated heterocycles. The maximum Gasteiger partial charge on any atom is 0.124 e. The minimum absolute atomic E-state index is 0.336. The molecule has 102 valence electrons. The molecule has 2 rings (SSSR count). The molecule has 0 aliphatic heterocycles. The van der Waals surface area contributed by atoms with E-state index in [1.54, 1.807) is 13.2 Å². The molecule has 0 saturated carbocycles. The summed E-state index contributed by atoms with van der Waals surface area (Å²) in [5.41, 5.74) is 2.17. The number of rotatable bonds is 5. The number of ether oxygens (including phenoxy) is 1. The minimum Gasteiger partial charge on any atom is -0.497 e. The predicted octanol–water partition coefficient (Wildman–Crippen LogP) is 3.00. The molecule has 0 aliphatic rings. The summed E-state index contributed by atoms with van der Waals surface area (Å²) in [6, 6.07) is 14.0. The zero-order chi connectivity index (χ0) is 14.4. The van der Waals surface area contributed by atoms with E-state index in [9.17, 15) is 4.39 Å². The first-order valence-corrected chi connectivity index (χ1v) is 6.24. The van der Waals surface area contributed by atoms with Gasteiger partial charge in [0, 0.05) is 13.1 Å². The number of nitrogens with zero attached hydrogens (tertiary/aromatic N) is 1. The lowest BCUT2D eigenvalue weighted by Gasteiger charge is -2.07. The molecular weight excluding hydrogens is 255 g/mol. The van der Waals surface area contributed by atoms with Crippen LogP contribution in [-0.2, 0) is 13.1 Å². The zero-order valence-corrected chi connectivity index (χ0v) is 11.2. The van der Waals surface area contributed by atoms with Crippen LogP contribution < -0.4 is 10.1 Å². The molecule has 0 radical (unpaired) electrons. The number of nitrogens with one attached hydrogen (secondary N) is 1. The zero-order valence-electron chi connectivity index (χ0n) is 11.2. The van der Waals surface area contributed by atoms with Crippen LogP contribution in [0.4, 0.5) is 4.39 Å². The van der Waals surface area contributed by atoms with Crippen LogP contribution >= 0.6 is 0 Å². The van der Waals surface area contributed by atoms with Gasteiger partial charge in [0.25, 0.3) is 0 Å². The fourth-order valence-corrected chi connectivity index (χ4v) is 1.95. The quantitative estimate of drug-likeness (QED) is 0.908. The van der Waals surface area contributed by atoms with Crippen molar-refractivity contribution in [3.63, 3.8) is 0 Å². The van der Waals surface area contributed by atoms with E-state index in [2.05, 4.69) is 5.32 Å². The summed E-state index contributed by atoms with van der Waals surface area (Å²) in [6.07, 6.45) is 0. The highest BCUT2D eigenvalue weighted by Crippen LogP contribution is 2.13. The molecule has 2 aromatic rings. The van der Waals surface area contributed by atoms with Crippen molar-refractivity contribution < 1.29 is 9.13 Å². The van der Waals surface area contributed by atoms with Crippen LogP contribution in [0.2, 0.25) is 0 Å². The van der Waals surface area contributed by atoms with Crippen LogP contribution in [-0.4, -0.2) is 7.11 Å².